The van der Waals surface area contributed by atoms with Crippen LogP contribution in [0.2, 0.25) is 5.02 Å². The average Bonchev–Trinajstić information content (AvgIpc) is 3.10. The van der Waals surface area contributed by atoms with Crippen LogP contribution in [0.3, 0.4) is 0 Å². The molecule has 1 heterocycles. The van der Waals surface area contributed by atoms with Gasteiger partial charge in [-0.15, -0.1) is 16.8 Å². The Morgan fingerprint density at radius 1 is 1.18 bits per heavy atom. The van der Waals surface area contributed by atoms with Crippen molar-refractivity contribution in [3.63, 3.8) is 0 Å². The van der Waals surface area contributed by atoms with Crippen molar-refractivity contribution in [2.45, 2.75) is 17.5 Å². The second-order valence-electron chi connectivity index (χ2n) is 5.76. The molecule has 0 aliphatic rings. The first-order valence-electron chi connectivity index (χ1n) is 8.41. The molecule has 0 atom stereocenters. The summed E-state index contributed by atoms with van der Waals surface area (Å²) < 4.78 is 26.6. The number of thioether (sulfide) groups is 1. The molecule has 0 aliphatic carbocycles. The lowest BCUT2D eigenvalue weighted by Gasteiger charge is -2.11. The van der Waals surface area contributed by atoms with Crippen LogP contribution in [0.4, 0.5) is 4.39 Å². The summed E-state index contributed by atoms with van der Waals surface area (Å²) in [6.07, 6.45) is 1.76. The maximum atomic E-state index is 14.0. The van der Waals surface area contributed by atoms with Gasteiger partial charge >= 0.3 is 0 Å². The number of hydrogen-bond acceptors (Lipinski definition) is 5. The third-order valence-corrected chi connectivity index (χ3v) is 5.42. The molecule has 0 unspecified atom stereocenters. The summed E-state index contributed by atoms with van der Waals surface area (Å²) >= 11 is 7.48. The predicted octanol–water partition coefficient (Wildman–Crippen LogP) is 5.23. The SMILES string of the molecule is C=CCn1c(SCc2c(F)cccc2Cl)nnc1-c1ccc(OC)c(OC)c1. The Morgan fingerprint density at radius 2 is 1.96 bits per heavy atom. The van der Waals surface area contributed by atoms with Gasteiger partial charge in [0.15, 0.2) is 22.5 Å². The monoisotopic (exact) mass is 419 g/mol. The van der Waals surface area contributed by atoms with Crippen molar-refractivity contribution in [2.75, 3.05) is 14.2 Å². The second-order valence-corrected chi connectivity index (χ2v) is 7.11. The molecule has 2 aromatic carbocycles. The minimum absolute atomic E-state index is 0.338. The normalized spacial score (nSPS) is 10.7. The van der Waals surface area contributed by atoms with Crippen LogP contribution in [0.15, 0.2) is 54.2 Å². The Hall–Kier alpha value is -2.51. The van der Waals surface area contributed by atoms with Crippen molar-refractivity contribution in [2.24, 2.45) is 0 Å². The lowest BCUT2D eigenvalue weighted by atomic mass is 10.2. The zero-order valence-electron chi connectivity index (χ0n) is 15.5. The minimum atomic E-state index is -0.338. The van der Waals surface area contributed by atoms with E-state index < -0.39 is 0 Å². The molecule has 146 valence electrons. The van der Waals surface area contributed by atoms with Crippen molar-refractivity contribution in [3.05, 3.63) is 65.5 Å². The van der Waals surface area contributed by atoms with E-state index in [2.05, 4.69) is 16.8 Å². The van der Waals surface area contributed by atoms with Gasteiger partial charge in [0.25, 0.3) is 0 Å². The Bertz CT molecular complexity index is 973. The number of ether oxygens (including phenoxy) is 2. The van der Waals surface area contributed by atoms with Gasteiger partial charge in [0, 0.05) is 28.4 Å². The first kappa shape index (κ1) is 20.2. The molecule has 3 rings (SSSR count). The lowest BCUT2D eigenvalue weighted by Crippen LogP contribution is -2.01. The Labute approximate surface area is 172 Å². The van der Waals surface area contributed by atoms with Gasteiger partial charge in [0.2, 0.25) is 0 Å². The van der Waals surface area contributed by atoms with E-state index in [0.717, 1.165) is 5.56 Å². The van der Waals surface area contributed by atoms with Crippen molar-refractivity contribution in [1.29, 1.82) is 0 Å². The van der Waals surface area contributed by atoms with Gasteiger partial charge in [0.1, 0.15) is 5.82 Å². The largest absolute Gasteiger partial charge is 0.493 e. The average molecular weight is 420 g/mol. The molecule has 28 heavy (non-hydrogen) atoms. The summed E-state index contributed by atoms with van der Waals surface area (Å²) in [5.41, 5.74) is 1.26. The van der Waals surface area contributed by atoms with Crippen LogP contribution in [0, 0.1) is 5.82 Å². The van der Waals surface area contributed by atoms with E-state index in [4.69, 9.17) is 21.1 Å². The fourth-order valence-corrected chi connectivity index (χ4v) is 3.98. The number of aromatic nitrogens is 3. The number of benzene rings is 2. The van der Waals surface area contributed by atoms with Crippen LogP contribution in [-0.4, -0.2) is 29.0 Å². The van der Waals surface area contributed by atoms with Crippen LogP contribution in [0.25, 0.3) is 11.4 Å². The number of hydrogen-bond donors (Lipinski definition) is 0. The molecule has 1 aromatic heterocycles. The first-order valence-corrected chi connectivity index (χ1v) is 9.77. The van der Waals surface area contributed by atoms with E-state index >= 15 is 0 Å². The third kappa shape index (κ3) is 4.15. The van der Waals surface area contributed by atoms with Gasteiger partial charge in [0.05, 0.1) is 14.2 Å². The number of nitrogens with zero attached hydrogens (tertiary/aromatic N) is 3. The van der Waals surface area contributed by atoms with E-state index in [1.807, 2.05) is 22.8 Å². The molecule has 0 fully saturated rings. The van der Waals surface area contributed by atoms with Gasteiger partial charge in [-0.05, 0) is 30.3 Å². The van der Waals surface area contributed by atoms with Crippen molar-refractivity contribution in [1.82, 2.24) is 14.8 Å². The van der Waals surface area contributed by atoms with Gasteiger partial charge < -0.3 is 9.47 Å². The van der Waals surface area contributed by atoms with E-state index in [9.17, 15) is 4.39 Å². The fourth-order valence-electron chi connectivity index (χ4n) is 2.68. The molecule has 0 aliphatic heterocycles. The Balaban J connectivity index is 1.93. The summed E-state index contributed by atoms with van der Waals surface area (Å²) in [5.74, 6) is 1.88. The smallest absolute Gasteiger partial charge is 0.192 e. The molecule has 0 radical (unpaired) electrons. The van der Waals surface area contributed by atoms with Crippen molar-refractivity contribution in [3.8, 4) is 22.9 Å². The molecular weight excluding hydrogens is 401 g/mol. The predicted molar refractivity (Wildman–Crippen MR) is 110 cm³/mol. The maximum Gasteiger partial charge on any atom is 0.192 e. The van der Waals surface area contributed by atoms with E-state index in [1.54, 1.807) is 32.4 Å². The summed E-state index contributed by atoms with van der Waals surface area (Å²) in [6.45, 7) is 4.31. The van der Waals surface area contributed by atoms with Gasteiger partial charge in [-0.3, -0.25) is 4.57 Å². The zero-order valence-corrected chi connectivity index (χ0v) is 17.1. The van der Waals surface area contributed by atoms with Gasteiger partial charge in [-0.25, -0.2) is 4.39 Å². The van der Waals surface area contributed by atoms with Crippen molar-refractivity contribution >= 4 is 23.4 Å². The minimum Gasteiger partial charge on any atom is -0.493 e. The molecule has 3 aromatic rings. The van der Waals surface area contributed by atoms with Crippen LogP contribution in [0.5, 0.6) is 11.5 Å². The summed E-state index contributed by atoms with van der Waals surface area (Å²) in [7, 11) is 3.16. The van der Waals surface area contributed by atoms with E-state index in [-0.39, 0.29) is 5.82 Å². The molecule has 0 bridgehead atoms. The molecule has 5 nitrogen and oxygen atoms in total. The molecule has 0 saturated heterocycles. The third-order valence-electron chi connectivity index (χ3n) is 4.08. The number of allylic oxidation sites excluding steroid dienone is 1. The van der Waals surface area contributed by atoms with Gasteiger partial charge in [-0.2, -0.15) is 0 Å². The highest BCUT2D eigenvalue weighted by molar-refractivity contribution is 7.98. The highest BCUT2D eigenvalue weighted by Crippen LogP contribution is 2.34. The second kappa shape index (κ2) is 9.12. The molecule has 0 saturated carbocycles. The zero-order chi connectivity index (χ0) is 20.1. The van der Waals surface area contributed by atoms with Crippen LogP contribution >= 0.6 is 23.4 Å². The maximum absolute atomic E-state index is 14.0. The highest BCUT2D eigenvalue weighted by atomic mass is 35.5. The summed E-state index contributed by atoms with van der Waals surface area (Å²) in [6, 6.07) is 10.2. The first-order chi connectivity index (χ1) is 13.6. The van der Waals surface area contributed by atoms with Crippen LogP contribution in [0.1, 0.15) is 5.56 Å². The van der Waals surface area contributed by atoms with Crippen LogP contribution < -0.4 is 9.47 Å². The molecule has 8 heteroatoms. The number of halogens is 2. The van der Waals surface area contributed by atoms with Crippen LogP contribution in [-0.2, 0) is 12.3 Å². The fraction of sp³-hybridized carbons (Fsp3) is 0.200. The Kier molecular flexibility index (Phi) is 6.59. The van der Waals surface area contributed by atoms with E-state index in [0.29, 0.717) is 45.4 Å². The molecule has 0 amide bonds. The number of rotatable bonds is 8. The lowest BCUT2D eigenvalue weighted by molar-refractivity contribution is 0.355. The van der Waals surface area contributed by atoms with E-state index in [1.165, 1.54) is 17.8 Å². The summed E-state index contributed by atoms with van der Waals surface area (Å²) in [5, 5.41) is 9.62. The number of methoxy groups -OCH3 is 2. The quantitative estimate of drug-likeness (QED) is 0.369. The molecular formula is C20H19ClFN3O2S. The Morgan fingerprint density at radius 3 is 2.64 bits per heavy atom. The topological polar surface area (TPSA) is 49.2 Å². The highest BCUT2D eigenvalue weighted by Gasteiger charge is 2.17. The van der Waals surface area contributed by atoms with Gasteiger partial charge in [-0.1, -0.05) is 35.5 Å². The summed E-state index contributed by atoms with van der Waals surface area (Å²) in [4.78, 5) is 0. The standard InChI is InChI=1S/C20H19ClFN3O2S/c1-4-10-25-19(13-8-9-17(26-2)18(11-13)27-3)23-24-20(25)28-12-14-15(21)6-5-7-16(14)22/h4-9,11H,1,10,12H2,2-3H3. The van der Waals surface area contributed by atoms with Crippen molar-refractivity contribution < 1.29 is 13.9 Å². The molecule has 0 spiro atoms. The molecule has 0 N–H and O–H groups in total.